The molecule has 0 amide bonds. The van der Waals surface area contributed by atoms with Crippen LogP contribution in [0.4, 0.5) is 0 Å². The summed E-state index contributed by atoms with van der Waals surface area (Å²) in [4.78, 5) is 6.18. The van der Waals surface area contributed by atoms with Gasteiger partial charge >= 0.3 is 0 Å². The zero-order valence-electron chi connectivity index (χ0n) is 11.6. The molecule has 4 heteroatoms. The largest absolute Gasteiger partial charge is 0.392 e. The third-order valence-corrected chi connectivity index (χ3v) is 4.75. The van der Waals surface area contributed by atoms with Gasteiger partial charge in [0.1, 0.15) is 5.01 Å². The van der Waals surface area contributed by atoms with E-state index in [2.05, 4.69) is 12.2 Å². The molecule has 0 spiro atoms. The van der Waals surface area contributed by atoms with Crippen LogP contribution in [0.1, 0.15) is 42.8 Å². The minimum absolute atomic E-state index is 0.264. The molecule has 1 aromatic rings. The van der Waals surface area contributed by atoms with E-state index in [1.165, 1.54) is 28.4 Å². The molecule has 1 aliphatic carbocycles. The normalized spacial score (nSPS) is 21.1. The first-order valence-corrected chi connectivity index (χ1v) is 7.74. The second-order valence-corrected chi connectivity index (χ2v) is 6.94. The van der Waals surface area contributed by atoms with Gasteiger partial charge in [-0.3, -0.25) is 0 Å². The summed E-state index contributed by atoms with van der Waals surface area (Å²) >= 11 is 1.84. The average Bonchev–Trinajstić information content (AvgIpc) is 2.70. The second kappa shape index (κ2) is 6.13. The van der Waals surface area contributed by atoms with Gasteiger partial charge in [-0.15, -0.1) is 11.3 Å². The lowest BCUT2D eigenvalue weighted by Gasteiger charge is -2.15. The fourth-order valence-corrected chi connectivity index (χ4v) is 3.48. The molecule has 0 fully saturated rings. The standard InChI is InChI=1S/C14H24N2OS/c1-9(2)12(17)7-15-8-14-16-11-5-4-10(3)6-13(11)18-14/h9-10,12,15,17H,4-8H2,1-3H3. The average molecular weight is 268 g/mol. The summed E-state index contributed by atoms with van der Waals surface area (Å²) in [7, 11) is 0. The van der Waals surface area contributed by atoms with Gasteiger partial charge in [0, 0.05) is 18.0 Å². The number of hydrogen-bond acceptors (Lipinski definition) is 4. The van der Waals surface area contributed by atoms with Gasteiger partial charge in [-0.2, -0.15) is 0 Å². The van der Waals surface area contributed by atoms with E-state index in [1.807, 2.05) is 25.2 Å². The van der Waals surface area contributed by atoms with Crippen LogP contribution in [0.15, 0.2) is 0 Å². The first-order valence-electron chi connectivity index (χ1n) is 6.92. The quantitative estimate of drug-likeness (QED) is 0.862. The number of fused-ring (bicyclic) bond motifs is 1. The summed E-state index contributed by atoms with van der Waals surface area (Å²) in [5.41, 5.74) is 1.32. The van der Waals surface area contributed by atoms with E-state index >= 15 is 0 Å². The minimum Gasteiger partial charge on any atom is -0.392 e. The molecule has 2 atom stereocenters. The number of nitrogens with zero attached hydrogens (tertiary/aromatic N) is 1. The summed E-state index contributed by atoms with van der Waals surface area (Å²) in [5.74, 6) is 1.12. The van der Waals surface area contributed by atoms with Crippen molar-refractivity contribution < 1.29 is 5.11 Å². The molecule has 0 radical (unpaired) electrons. The van der Waals surface area contributed by atoms with E-state index in [4.69, 9.17) is 4.98 Å². The van der Waals surface area contributed by atoms with Gasteiger partial charge in [-0.25, -0.2) is 4.98 Å². The van der Waals surface area contributed by atoms with E-state index < -0.39 is 0 Å². The molecular formula is C14H24N2OS. The van der Waals surface area contributed by atoms with E-state index in [0.717, 1.165) is 18.9 Å². The topological polar surface area (TPSA) is 45.2 Å². The Balaban J connectivity index is 1.84. The predicted molar refractivity (Wildman–Crippen MR) is 75.9 cm³/mol. The molecule has 2 unspecified atom stereocenters. The maximum absolute atomic E-state index is 9.72. The van der Waals surface area contributed by atoms with Crippen LogP contribution in [-0.4, -0.2) is 22.7 Å². The number of hydrogen-bond donors (Lipinski definition) is 2. The molecule has 0 aliphatic heterocycles. The maximum Gasteiger partial charge on any atom is 0.107 e. The molecular weight excluding hydrogens is 244 g/mol. The van der Waals surface area contributed by atoms with Gasteiger partial charge in [0.05, 0.1) is 11.8 Å². The molecule has 0 saturated heterocycles. The fourth-order valence-electron chi connectivity index (χ4n) is 2.23. The highest BCUT2D eigenvalue weighted by molar-refractivity contribution is 7.11. The Kier molecular flexibility index (Phi) is 4.76. The molecule has 2 N–H and O–H groups in total. The highest BCUT2D eigenvalue weighted by Gasteiger charge is 2.19. The van der Waals surface area contributed by atoms with Crippen molar-refractivity contribution >= 4 is 11.3 Å². The lowest BCUT2D eigenvalue weighted by atomic mass is 9.93. The van der Waals surface area contributed by atoms with E-state index in [9.17, 15) is 5.11 Å². The molecule has 1 aromatic heterocycles. The first kappa shape index (κ1) is 14.0. The molecule has 18 heavy (non-hydrogen) atoms. The van der Waals surface area contributed by atoms with Gasteiger partial charge < -0.3 is 10.4 Å². The highest BCUT2D eigenvalue weighted by atomic mass is 32.1. The lowest BCUT2D eigenvalue weighted by Crippen LogP contribution is -2.30. The number of aliphatic hydroxyl groups is 1. The summed E-state index contributed by atoms with van der Waals surface area (Å²) in [5, 5.41) is 14.2. The van der Waals surface area contributed by atoms with Crippen molar-refractivity contribution in [1.82, 2.24) is 10.3 Å². The van der Waals surface area contributed by atoms with Crippen molar-refractivity contribution in [3.05, 3.63) is 15.6 Å². The van der Waals surface area contributed by atoms with Gasteiger partial charge in [0.25, 0.3) is 0 Å². The van der Waals surface area contributed by atoms with Crippen LogP contribution in [0, 0.1) is 11.8 Å². The lowest BCUT2D eigenvalue weighted by molar-refractivity contribution is 0.123. The van der Waals surface area contributed by atoms with Crippen molar-refractivity contribution in [3.63, 3.8) is 0 Å². The van der Waals surface area contributed by atoms with Crippen molar-refractivity contribution in [1.29, 1.82) is 0 Å². The summed E-state index contributed by atoms with van der Waals surface area (Å²) < 4.78 is 0. The number of aliphatic hydroxyl groups excluding tert-OH is 1. The van der Waals surface area contributed by atoms with Gasteiger partial charge in [0.15, 0.2) is 0 Å². The Morgan fingerprint density at radius 2 is 2.28 bits per heavy atom. The number of aryl methyl sites for hydroxylation is 1. The SMILES string of the molecule is CC1CCc2nc(CNCC(O)C(C)C)sc2C1. The van der Waals surface area contributed by atoms with Crippen LogP contribution in [-0.2, 0) is 19.4 Å². The molecule has 3 nitrogen and oxygen atoms in total. The van der Waals surface area contributed by atoms with Gasteiger partial charge in [-0.05, 0) is 31.1 Å². The summed E-state index contributed by atoms with van der Waals surface area (Å²) in [6.45, 7) is 7.83. The summed E-state index contributed by atoms with van der Waals surface area (Å²) in [6, 6.07) is 0. The zero-order valence-corrected chi connectivity index (χ0v) is 12.4. The zero-order chi connectivity index (χ0) is 13.1. The molecule has 102 valence electrons. The first-order chi connectivity index (χ1) is 8.56. The Labute approximate surface area is 114 Å². The van der Waals surface area contributed by atoms with Crippen LogP contribution < -0.4 is 5.32 Å². The van der Waals surface area contributed by atoms with Crippen molar-refractivity contribution in [2.45, 2.75) is 52.7 Å². The second-order valence-electron chi connectivity index (χ2n) is 5.77. The van der Waals surface area contributed by atoms with Crippen LogP contribution in [0.2, 0.25) is 0 Å². The number of thiazole rings is 1. The third-order valence-electron chi connectivity index (χ3n) is 3.63. The third kappa shape index (κ3) is 3.53. The number of rotatable bonds is 5. The van der Waals surface area contributed by atoms with E-state index in [0.29, 0.717) is 12.5 Å². The van der Waals surface area contributed by atoms with Crippen molar-refractivity contribution in [3.8, 4) is 0 Å². The Morgan fingerprint density at radius 3 is 3.00 bits per heavy atom. The Bertz CT molecular complexity index is 389. The predicted octanol–water partition coefficient (Wildman–Crippen LogP) is 2.37. The van der Waals surface area contributed by atoms with Crippen LogP contribution in [0.5, 0.6) is 0 Å². The highest BCUT2D eigenvalue weighted by Crippen LogP contribution is 2.29. The van der Waals surface area contributed by atoms with Crippen molar-refractivity contribution in [2.24, 2.45) is 11.8 Å². The van der Waals surface area contributed by atoms with Gasteiger partial charge in [0.2, 0.25) is 0 Å². The van der Waals surface area contributed by atoms with Crippen LogP contribution >= 0.6 is 11.3 Å². The minimum atomic E-state index is -0.264. The number of nitrogens with one attached hydrogen (secondary N) is 1. The van der Waals surface area contributed by atoms with Crippen LogP contribution in [0.25, 0.3) is 0 Å². The number of aromatic nitrogens is 1. The van der Waals surface area contributed by atoms with E-state index in [1.54, 1.807) is 0 Å². The molecule has 0 saturated carbocycles. The molecule has 1 aliphatic rings. The monoisotopic (exact) mass is 268 g/mol. The van der Waals surface area contributed by atoms with E-state index in [-0.39, 0.29) is 6.10 Å². The molecule has 0 bridgehead atoms. The summed E-state index contributed by atoms with van der Waals surface area (Å²) in [6.07, 6.45) is 3.35. The Hall–Kier alpha value is -0.450. The molecule has 0 aromatic carbocycles. The van der Waals surface area contributed by atoms with Crippen LogP contribution in [0.3, 0.4) is 0 Å². The maximum atomic E-state index is 9.72. The molecule has 2 rings (SSSR count). The molecule has 1 heterocycles. The van der Waals surface area contributed by atoms with Crippen molar-refractivity contribution in [2.75, 3.05) is 6.54 Å². The Morgan fingerprint density at radius 1 is 1.50 bits per heavy atom. The van der Waals surface area contributed by atoms with Gasteiger partial charge in [-0.1, -0.05) is 20.8 Å². The fraction of sp³-hybridized carbons (Fsp3) is 0.786. The smallest absolute Gasteiger partial charge is 0.107 e.